The third-order valence-electron chi connectivity index (χ3n) is 12.1. The molecule has 4 unspecified atom stereocenters. The molecule has 2 aliphatic carbocycles. The summed E-state index contributed by atoms with van der Waals surface area (Å²) in [6, 6.07) is 29.0. The van der Waals surface area contributed by atoms with Crippen LogP contribution in [0.3, 0.4) is 0 Å². The molecule has 0 heterocycles. The Balaban J connectivity index is 0.000000399. The zero-order valence-electron chi connectivity index (χ0n) is 42.8. The standard InChI is InChI=1S/2C26H34F2NO.2C5H5.Ti/c2*1-3-4-5-6-7-11-14-23(18-21-12-9-8-10-13-21)26(30)29-20(2)17-22-15-16-24(27)19-25(22)28;2*1-2-4-5-3-1;/h2*8-10,12-13,15-16,20,23H,3-7,11,14,17-18H2,1-2H3,(H,29,30);2*1-3H,4H2;/q4*-1;+4. The predicted octanol–water partition coefficient (Wildman–Crippen LogP) is 15.5. The molecule has 0 aromatic heterocycles. The van der Waals surface area contributed by atoms with Crippen molar-refractivity contribution in [1.82, 2.24) is 10.6 Å². The minimum absolute atomic E-state index is 0. The van der Waals surface area contributed by atoms with E-state index in [-0.39, 0.29) is 57.5 Å². The summed E-state index contributed by atoms with van der Waals surface area (Å²) in [5, 5.41) is 6.08. The molecule has 2 amide bonds. The zero-order valence-corrected chi connectivity index (χ0v) is 44.4. The van der Waals surface area contributed by atoms with E-state index in [2.05, 4.69) is 85.2 Å². The molecule has 4 aromatic carbocycles. The topological polar surface area (TPSA) is 58.2 Å². The molecule has 9 heteroatoms. The van der Waals surface area contributed by atoms with E-state index in [9.17, 15) is 27.2 Å². The molecule has 0 aliphatic heterocycles. The molecule has 2 aliphatic rings. The van der Waals surface area contributed by atoms with Crippen LogP contribution in [0.5, 0.6) is 0 Å². The Morgan fingerprint density at radius 2 is 0.873 bits per heavy atom. The van der Waals surface area contributed by atoms with Crippen LogP contribution in [0.1, 0.15) is 153 Å². The summed E-state index contributed by atoms with van der Waals surface area (Å²) in [5.41, 5.74) is 3.02. The average Bonchev–Trinajstić information content (AvgIpc) is 4.15. The van der Waals surface area contributed by atoms with Gasteiger partial charge >= 0.3 is 21.7 Å². The largest absolute Gasteiger partial charge is 4.00 e. The number of unbranched alkanes of at least 4 members (excludes halogenated alkanes) is 10. The SMILES string of the molecule is CCCCCCCCC(Cc1ccccc1)C(=O)NC(C)Cc1ccc(F)[c-]c1F.CCCCCCCCC(Cc1ccccc1)C(=O)NC(C)Cc1ccc(F)[c-]c1F.[C-]1=CC=CC1.[C-]1=CC=CC1.[Ti+4]. The van der Waals surface area contributed by atoms with E-state index >= 15 is 0 Å². The molecule has 0 saturated carbocycles. The second-order valence-electron chi connectivity index (χ2n) is 18.4. The fraction of sp³-hybridized carbons (Fsp3) is 0.452. The Labute approximate surface area is 440 Å². The minimum Gasteiger partial charge on any atom is -0.354 e. The number of allylic oxidation sites excluding steroid dienone is 8. The van der Waals surface area contributed by atoms with Crippen molar-refractivity contribution < 1.29 is 48.9 Å². The third kappa shape index (κ3) is 28.7. The summed E-state index contributed by atoms with van der Waals surface area (Å²) in [6.45, 7) is 8.12. The number of carbonyl (C=O) groups is 2. The molecule has 0 bridgehead atoms. The van der Waals surface area contributed by atoms with Crippen LogP contribution in [0.25, 0.3) is 0 Å². The molecule has 4 nitrogen and oxygen atoms in total. The first-order valence-corrected chi connectivity index (χ1v) is 25.8. The monoisotopic (exact) mass is 1010 g/mol. The normalized spacial score (nSPS) is 13.5. The van der Waals surface area contributed by atoms with Crippen LogP contribution < -0.4 is 10.6 Å². The Morgan fingerprint density at radius 1 is 0.507 bits per heavy atom. The molecule has 2 N–H and O–H groups in total. The number of benzene rings is 4. The molecule has 0 saturated heterocycles. The minimum atomic E-state index is -0.713. The van der Waals surface area contributed by atoms with E-state index in [1.54, 1.807) is 0 Å². The molecular weight excluding hydrogens is 929 g/mol. The summed E-state index contributed by atoms with van der Waals surface area (Å²) >= 11 is 0. The van der Waals surface area contributed by atoms with Crippen molar-refractivity contribution in [2.75, 3.05) is 0 Å². The molecule has 0 fully saturated rings. The van der Waals surface area contributed by atoms with Gasteiger partial charge in [-0.25, -0.2) is 41.9 Å². The van der Waals surface area contributed by atoms with Crippen molar-refractivity contribution in [3.8, 4) is 0 Å². The van der Waals surface area contributed by atoms with Crippen molar-refractivity contribution >= 4 is 11.8 Å². The number of hydrogen-bond donors (Lipinski definition) is 2. The predicted molar refractivity (Wildman–Crippen MR) is 279 cm³/mol. The van der Waals surface area contributed by atoms with Crippen LogP contribution in [-0.4, -0.2) is 23.9 Å². The van der Waals surface area contributed by atoms with Gasteiger partial charge in [-0.15, -0.1) is 48.2 Å². The van der Waals surface area contributed by atoms with Gasteiger partial charge in [-0.05, 0) is 50.7 Å². The molecule has 0 radical (unpaired) electrons. The zero-order chi connectivity index (χ0) is 50.6. The quantitative estimate of drug-likeness (QED) is 0.0285. The summed E-state index contributed by atoms with van der Waals surface area (Å²) in [4.78, 5) is 26.0. The number of carbonyl (C=O) groups excluding carboxylic acids is 2. The van der Waals surface area contributed by atoms with Crippen molar-refractivity contribution in [3.05, 3.63) is 191 Å². The molecule has 380 valence electrons. The molecule has 0 spiro atoms. The Morgan fingerprint density at radius 3 is 1.18 bits per heavy atom. The van der Waals surface area contributed by atoms with Crippen LogP contribution in [0.15, 0.2) is 121 Å². The van der Waals surface area contributed by atoms with Crippen LogP contribution in [0, 0.1) is 59.4 Å². The Hall–Kier alpha value is -4.79. The van der Waals surface area contributed by atoms with E-state index in [1.165, 1.54) is 75.6 Å². The van der Waals surface area contributed by atoms with Crippen LogP contribution in [-0.2, 0) is 57.0 Å². The number of halogens is 4. The van der Waals surface area contributed by atoms with Crippen LogP contribution in [0.4, 0.5) is 17.6 Å². The maximum atomic E-state index is 13.9. The Bertz CT molecular complexity index is 1990. The van der Waals surface area contributed by atoms with E-state index in [1.807, 2.05) is 74.5 Å². The van der Waals surface area contributed by atoms with Gasteiger partial charge in [0.15, 0.2) is 0 Å². The second-order valence-corrected chi connectivity index (χ2v) is 18.4. The summed E-state index contributed by atoms with van der Waals surface area (Å²) in [6.07, 6.45) is 38.0. The third-order valence-corrected chi connectivity index (χ3v) is 12.1. The van der Waals surface area contributed by atoms with Gasteiger partial charge in [-0.1, -0.05) is 164 Å². The molecule has 4 atom stereocenters. The van der Waals surface area contributed by atoms with Crippen LogP contribution in [0.2, 0.25) is 0 Å². The first-order valence-electron chi connectivity index (χ1n) is 25.8. The smallest absolute Gasteiger partial charge is 0.354 e. The van der Waals surface area contributed by atoms with Gasteiger partial charge in [0.2, 0.25) is 11.8 Å². The molecule has 6 rings (SSSR count). The fourth-order valence-electron chi connectivity index (χ4n) is 8.22. The van der Waals surface area contributed by atoms with Gasteiger partial charge in [-0.3, -0.25) is 21.7 Å². The van der Waals surface area contributed by atoms with Gasteiger partial charge in [0, 0.05) is 47.2 Å². The second kappa shape index (κ2) is 38.8. The number of hydrogen-bond acceptors (Lipinski definition) is 2. The first-order chi connectivity index (χ1) is 34.0. The fourth-order valence-corrected chi connectivity index (χ4v) is 8.22. The molecule has 71 heavy (non-hydrogen) atoms. The number of amides is 2. The van der Waals surface area contributed by atoms with Crippen molar-refractivity contribution in [2.24, 2.45) is 11.8 Å². The van der Waals surface area contributed by atoms with Crippen LogP contribution >= 0.6 is 0 Å². The Kier molecular flexibility index (Phi) is 34.1. The van der Waals surface area contributed by atoms with E-state index in [0.717, 1.165) is 62.5 Å². The van der Waals surface area contributed by atoms with Gasteiger partial charge in [-0.2, -0.15) is 24.3 Å². The van der Waals surface area contributed by atoms with Crippen molar-refractivity contribution in [1.29, 1.82) is 0 Å². The number of rotatable bonds is 26. The summed E-state index contributed by atoms with van der Waals surface area (Å²) in [7, 11) is 0. The molecule has 4 aromatic rings. The maximum Gasteiger partial charge on any atom is 4.00 e. The van der Waals surface area contributed by atoms with Gasteiger partial charge in [0.05, 0.1) is 0 Å². The average molecular weight is 1010 g/mol. The van der Waals surface area contributed by atoms with E-state index in [0.29, 0.717) is 36.8 Å². The van der Waals surface area contributed by atoms with E-state index in [4.69, 9.17) is 0 Å². The summed E-state index contributed by atoms with van der Waals surface area (Å²) in [5.74, 6) is -3.01. The number of nitrogens with one attached hydrogen (secondary N) is 2. The molecular formula is C62H78F4N2O2Ti. The van der Waals surface area contributed by atoms with Crippen molar-refractivity contribution in [2.45, 2.75) is 168 Å². The van der Waals surface area contributed by atoms with Crippen molar-refractivity contribution in [3.63, 3.8) is 0 Å². The first kappa shape index (κ1) is 62.3. The van der Waals surface area contributed by atoms with Gasteiger partial charge in [0.25, 0.3) is 0 Å². The van der Waals surface area contributed by atoms with Gasteiger partial charge in [0.1, 0.15) is 0 Å². The van der Waals surface area contributed by atoms with Gasteiger partial charge < -0.3 is 10.6 Å². The summed E-state index contributed by atoms with van der Waals surface area (Å²) < 4.78 is 53.9. The van der Waals surface area contributed by atoms with E-state index < -0.39 is 23.3 Å². The maximum absolute atomic E-state index is 13.9.